The van der Waals surface area contributed by atoms with Gasteiger partial charge in [0.25, 0.3) is 0 Å². The van der Waals surface area contributed by atoms with Crippen molar-refractivity contribution in [1.82, 2.24) is 0 Å². The first kappa shape index (κ1) is 13.6. The van der Waals surface area contributed by atoms with E-state index in [2.05, 4.69) is 27.7 Å². The van der Waals surface area contributed by atoms with Crippen LogP contribution >= 0.6 is 0 Å². The van der Waals surface area contributed by atoms with Crippen LogP contribution in [0.2, 0.25) is 0 Å². The van der Waals surface area contributed by atoms with Crippen molar-refractivity contribution in [2.24, 2.45) is 40.4 Å². The second kappa shape index (κ2) is 5.03. The van der Waals surface area contributed by atoms with E-state index in [0.717, 1.165) is 23.7 Å². The van der Waals surface area contributed by atoms with Gasteiger partial charge in [-0.15, -0.1) is 0 Å². The zero-order valence-corrected chi connectivity index (χ0v) is 14.3. The third-order valence-corrected chi connectivity index (χ3v) is 7.77. The van der Waals surface area contributed by atoms with Gasteiger partial charge in [0.15, 0.2) is 0 Å². The normalized spacial score (nSPS) is 48.8. The molecule has 0 aromatic rings. The van der Waals surface area contributed by atoms with Crippen molar-refractivity contribution in [3.63, 3.8) is 0 Å². The summed E-state index contributed by atoms with van der Waals surface area (Å²) in [4.78, 5) is 0. The molecule has 20 heavy (non-hydrogen) atoms. The van der Waals surface area contributed by atoms with E-state index in [1.54, 1.807) is 0 Å². The van der Waals surface area contributed by atoms with E-state index in [4.69, 9.17) is 1.37 Å². The average molecular weight is 279 g/mol. The van der Waals surface area contributed by atoms with Gasteiger partial charge in [0.1, 0.15) is 0 Å². The van der Waals surface area contributed by atoms with Gasteiger partial charge in [-0.1, -0.05) is 66.7 Å². The summed E-state index contributed by atoms with van der Waals surface area (Å²) in [5.74, 6) is 4.65. The Morgan fingerprint density at radius 1 is 1.05 bits per heavy atom. The number of hydrogen-bond donors (Lipinski definition) is 0. The number of unbranched alkanes of at least 4 members (excludes halogenated alkanes) is 2. The Labute approximate surface area is 128 Å². The van der Waals surface area contributed by atoms with E-state index in [-0.39, 0.29) is 0 Å². The Bertz CT molecular complexity index is 374. The topological polar surface area (TPSA) is 0 Å². The molecule has 116 valence electrons. The molecule has 0 aliphatic heterocycles. The third kappa shape index (κ3) is 1.78. The number of hydrogen-bond acceptors (Lipinski definition) is 0. The van der Waals surface area contributed by atoms with Gasteiger partial charge in [0.05, 0.1) is 0 Å². The molecule has 6 unspecified atom stereocenters. The molecule has 1 spiro atoms. The van der Waals surface area contributed by atoms with E-state index >= 15 is 0 Å². The van der Waals surface area contributed by atoms with Gasteiger partial charge in [-0.05, 0) is 59.7 Å². The van der Waals surface area contributed by atoms with Crippen LogP contribution in [0.3, 0.4) is 0 Å². The van der Waals surface area contributed by atoms with Gasteiger partial charge >= 0.3 is 0 Å². The first-order chi connectivity index (χ1) is 10.0. The molecule has 3 aliphatic rings. The van der Waals surface area contributed by atoms with Crippen molar-refractivity contribution < 1.29 is 1.37 Å². The highest BCUT2D eigenvalue weighted by atomic mass is 14.8. The molecule has 0 amide bonds. The average Bonchev–Trinajstić information content (AvgIpc) is 2.42. The summed E-state index contributed by atoms with van der Waals surface area (Å²) in [6, 6.07) is 0. The van der Waals surface area contributed by atoms with Gasteiger partial charge in [-0.2, -0.15) is 0 Å². The van der Waals surface area contributed by atoms with Crippen molar-refractivity contribution in [3.05, 3.63) is 0 Å². The molecular formula is C20H36. The van der Waals surface area contributed by atoms with Crippen molar-refractivity contribution >= 4 is 0 Å². The zero-order chi connectivity index (χ0) is 15.3. The highest BCUT2D eigenvalue weighted by Crippen LogP contribution is 2.81. The van der Waals surface area contributed by atoms with E-state index in [1.165, 1.54) is 51.4 Å². The van der Waals surface area contributed by atoms with E-state index in [0.29, 0.717) is 23.6 Å². The van der Waals surface area contributed by atoms with Crippen LogP contribution in [0.5, 0.6) is 0 Å². The molecule has 0 saturated heterocycles. The summed E-state index contributed by atoms with van der Waals surface area (Å²) in [7, 11) is 0. The minimum Gasteiger partial charge on any atom is -0.0654 e. The highest BCUT2D eigenvalue weighted by Gasteiger charge is 2.74. The molecule has 3 rings (SSSR count). The molecule has 0 heteroatoms. The fourth-order valence-corrected chi connectivity index (χ4v) is 6.44. The molecule has 0 aromatic heterocycles. The van der Waals surface area contributed by atoms with Crippen LogP contribution in [0.15, 0.2) is 0 Å². The third-order valence-electron chi connectivity index (χ3n) is 7.77. The van der Waals surface area contributed by atoms with Crippen LogP contribution in [0, 0.1) is 40.4 Å². The quantitative estimate of drug-likeness (QED) is 0.500. The largest absolute Gasteiger partial charge is 0.0654 e. The second-order valence-electron chi connectivity index (χ2n) is 8.85. The van der Waals surface area contributed by atoms with Gasteiger partial charge in [0, 0.05) is 1.37 Å². The lowest BCUT2D eigenvalue weighted by atomic mass is 9.24. The maximum Gasteiger partial charge on any atom is 0.0233 e. The van der Waals surface area contributed by atoms with Crippen LogP contribution in [0.4, 0.5) is 0 Å². The van der Waals surface area contributed by atoms with Gasteiger partial charge in [-0.25, -0.2) is 0 Å². The molecule has 0 aromatic carbocycles. The van der Waals surface area contributed by atoms with E-state index in [1.807, 2.05) is 0 Å². The minimum atomic E-state index is 0.474. The maximum atomic E-state index is 8.00. The lowest BCUT2D eigenvalue weighted by Crippen LogP contribution is -2.74. The molecule has 3 saturated carbocycles. The van der Waals surface area contributed by atoms with E-state index in [9.17, 15) is 0 Å². The number of rotatable bonds is 6. The van der Waals surface area contributed by atoms with Crippen molar-refractivity contribution in [2.75, 3.05) is 0 Å². The first-order valence-electron chi connectivity index (χ1n) is 10.0. The molecule has 0 bridgehead atoms. The Morgan fingerprint density at radius 3 is 2.50 bits per heavy atom. The van der Waals surface area contributed by atoms with Crippen LogP contribution in [-0.2, 0) is 0 Å². The Kier molecular flexibility index (Phi) is 3.43. The molecular weight excluding hydrogens is 240 g/mol. The van der Waals surface area contributed by atoms with Crippen LogP contribution in [0.1, 0.15) is 87.3 Å². The molecule has 0 radical (unpaired) electrons. The standard InChI is InChI=1S/C20H36/c1-6-8-9-11-15-12-20(16(15)10-7-2)13-17-18(20)14(3)19(17,4)5/h14-18H,6-13H2,1-5H3/i3T. The summed E-state index contributed by atoms with van der Waals surface area (Å²) in [6.07, 6.45) is 11.6. The SMILES string of the molecule is [3H]CC1C2C(CC23CC(CCCCC)C3CCC)C1(C)C. The van der Waals surface area contributed by atoms with Gasteiger partial charge < -0.3 is 0 Å². The van der Waals surface area contributed by atoms with Crippen LogP contribution in [-0.4, -0.2) is 0 Å². The fourth-order valence-electron chi connectivity index (χ4n) is 6.44. The second-order valence-corrected chi connectivity index (χ2v) is 8.85. The van der Waals surface area contributed by atoms with Gasteiger partial charge in [-0.3, -0.25) is 0 Å². The van der Waals surface area contributed by atoms with Crippen LogP contribution in [0.25, 0.3) is 0 Å². The van der Waals surface area contributed by atoms with Crippen LogP contribution < -0.4 is 0 Å². The van der Waals surface area contributed by atoms with Gasteiger partial charge in [0.2, 0.25) is 0 Å². The Balaban J connectivity index is 1.64. The summed E-state index contributed by atoms with van der Waals surface area (Å²) in [5.41, 5.74) is 1.18. The Hall–Kier alpha value is 0. The smallest absolute Gasteiger partial charge is 0.0233 e. The zero-order valence-electron chi connectivity index (χ0n) is 15.3. The lowest BCUT2D eigenvalue weighted by Gasteiger charge is -2.80. The lowest BCUT2D eigenvalue weighted by molar-refractivity contribution is -0.319. The van der Waals surface area contributed by atoms with Crippen molar-refractivity contribution in [1.29, 1.82) is 0 Å². The molecule has 0 heterocycles. The molecule has 0 N–H and O–H groups in total. The fraction of sp³-hybridized carbons (Fsp3) is 1.00. The Morgan fingerprint density at radius 2 is 1.85 bits per heavy atom. The monoisotopic (exact) mass is 278 g/mol. The summed E-state index contributed by atoms with van der Waals surface area (Å²) in [6.45, 7) is 10.2. The number of fused-ring (bicyclic) bond motifs is 2. The highest BCUT2D eigenvalue weighted by molar-refractivity contribution is 5.22. The molecule has 6 atom stereocenters. The predicted molar refractivity (Wildman–Crippen MR) is 87.6 cm³/mol. The molecule has 3 fully saturated rings. The first-order valence-corrected chi connectivity index (χ1v) is 9.32. The van der Waals surface area contributed by atoms with Crippen molar-refractivity contribution in [3.8, 4) is 0 Å². The molecule has 0 nitrogen and oxygen atoms in total. The summed E-state index contributed by atoms with van der Waals surface area (Å²) < 4.78 is 8.00. The summed E-state index contributed by atoms with van der Waals surface area (Å²) >= 11 is 0. The summed E-state index contributed by atoms with van der Waals surface area (Å²) in [5, 5.41) is 0. The molecule has 3 aliphatic carbocycles. The predicted octanol–water partition coefficient (Wildman–Crippen LogP) is 6.30. The maximum absolute atomic E-state index is 8.00. The minimum absolute atomic E-state index is 0.474. The van der Waals surface area contributed by atoms with Crippen molar-refractivity contribution in [2.45, 2.75) is 86.0 Å². The van der Waals surface area contributed by atoms with E-state index < -0.39 is 0 Å².